The monoisotopic (exact) mass is 459 g/mol. The molecule has 3 aromatic heterocycles. The number of nitrogens with two attached hydrogens (primary N) is 2. The van der Waals surface area contributed by atoms with E-state index in [2.05, 4.69) is 20.6 Å². The number of aromatic nitrogens is 3. The van der Waals surface area contributed by atoms with Gasteiger partial charge in [0, 0.05) is 30.0 Å². The van der Waals surface area contributed by atoms with E-state index in [0.29, 0.717) is 5.69 Å². The minimum absolute atomic E-state index is 0.0355. The van der Waals surface area contributed by atoms with Crippen LogP contribution in [-0.2, 0) is 0 Å². The minimum Gasteiger partial charge on any atom is -0.365 e. The number of nitrogens with one attached hydrogen (secondary N) is 2. The molecule has 1 aliphatic carbocycles. The number of amides is 1. The third-order valence-corrected chi connectivity index (χ3v) is 6.17. The lowest BCUT2D eigenvalue weighted by molar-refractivity contribution is 0.100. The second-order valence-corrected chi connectivity index (χ2v) is 8.58. The summed E-state index contributed by atoms with van der Waals surface area (Å²) < 4.78 is 16.6. The Hall–Kier alpha value is -3.98. The molecule has 0 spiro atoms. The van der Waals surface area contributed by atoms with Crippen molar-refractivity contribution < 1.29 is 9.18 Å². The molecule has 9 heteroatoms. The molecule has 34 heavy (non-hydrogen) atoms. The van der Waals surface area contributed by atoms with Gasteiger partial charge in [0.2, 0.25) is 0 Å². The first-order valence-electron chi connectivity index (χ1n) is 11.3. The zero-order chi connectivity index (χ0) is 23.7. The van der Waals surface area contributed by atoms with Crippen molar-refractivity contribution in [2.45, 2.75) is 37.8 Å². The molecule has 8 nitrogen and oxygen atoms in total. The Morgan fingerprint density at radius 2 is 1.82 bits per heavy atom. The minimum atomic E-state index is -0.773. The Labute approximate surface area is 196 Å². The zero-order valence-corrected chi connectivity index (χ0v) is 18.5. The van der Waals surface area contributed by atoms with Crippen LogP contribution in [0.25, 0.3) is 16.9 Å². The highest BCUT2D eigenvalue weighted by atomic mass is 19.1. The number of halogens is 1. The summed E-state index contributed by atoms with van der Waals surface area (Å²) in [6.45, 7) is 0. The fraction of sp³-hybridized carbons (Fsp3) is 0.240. The van der Waals surface area contributed by atoms with Gasteiger partial charge in [0.25, 0.3) is 5.91 Å². The maximum atomic E-state index is 14.8. The largest absolute Gasteiger partial charge is 0.365 e. The van der Waals surface area contributed by atoms with Crippen LogP contribution < -0.4 is 22.1 Å². The molecule has 1 saturated carbocycles. The lowest BCUT2D eigenvalue weighted by Crippen LogP contribution is -2.43. The van der Waals surface area contributed by atoms with Gasteiger partial charge >= 0.3 is 0 Å². The van der Waals surface area contributed by atoms with E-state index in [1.807, 2.05) is 59.3 Å². The smallest absolute Gasteiger partial charge is 0.252 e. The van der Waals surface area contributed by atoms with Gasteiger partial charge in [0.05, 0.1) is 16.9 Å². The summed E-state index contributed by atoms with van der Waals surface area (Å²) in [5.41, 5.74) is 14.9. The third-order valence-electron chi connectivity index (χ3n) is 6.17. The van der Waals surface area contributed by atoms with Gasteiger partial charge in [-0.05, 0) is 31.0 Å². The van der Waals surface area contributed by atoms with Crippen molar-refractivity contribution in [1.82, 2.24) is 14.4 Å². The van der Waals surface area contributed by atoms with Crippen LogP contribution in [0.2, 0.25) is 0 Å². The van der Waals surface area contributed by atoms with Crippen molar-refractivity contribution in [2.24, 2.45) is 11.5 Å². The number of rotatable bonds is 6. The van der Waals surface area contributed by atoms with Crippen LogP contribution in [-0.4, -0.2) is 32.4 Å². The number of imidazole rings is 1. The van der Waals surface area contributed by atoms with E-state index in [9.17, 15) is 9.18 Å². The first-order valence-corrected chi connectivity index (χ1v) is 11.3. The highest BCUT2D eigenvalue weighted by Gasteiger charge is 2.24. The standard InChI is InChI=1S/C25H26FN7O/c26-18-12-17(23(28)34)24(32-25(18)31-20-9-5-4-8-19(20)27)29-16-10-11-22-30-21(14-33(22)13-16)15-6-2-1-3-7-15/h1-3,6-7,10-14,19-20H,4-5,8-9,27H2,(H2,28,34)(H2,29,31,32). The van der Waals surface area contributed by atoms with E-state index >= 15 is 0 Å². The molecule has 0 aliphatic heterocycles. The van der Waals surface area contributed by atoms with E-state index in [1.165, 1.54) is 0 Å². The molecule has 0 radical (unpaired) electrons. The summed E-state index contributed by atoms with van der Waals surface area (Å²) in [6, 6.07) is 14.5. The Bertz CT molecular complexity index is 1340. The SMILES string of the molecule is NC(=O)c1cc(F)c(NC2CCCCC2N)nc1Nc1ccc2nc(-c3ccccc3)cn2c1. The topological polar surface area (TPSA) is 123 Å². The van der Waals surface area contributed by atoms with E-state index in [0.717, 1.165) is 48.7 Å². The van der Waals surface area contributed by atoms with Crippen LogP contribution in [0.5, 0.6) is 0 Å². The number of nitrogens with zero attached hydrogens (tertiary/aromatic N) is 3. The van der Waals surface area contributed by atoms with Crippen LogP contribution in [0.1, 0.15) is 36.0 Å². The number of hydrogen-bond acceptors (Lipinski definition) is 6. The summed E-state index contributed by atoms with van der Waals surface area (Å²) >= 11 is 0. The molecule has 6 N–H and O–H groups in total. The molecule has 2 unspecified atom stereocenters. The number of carbonyl (C=O) groups is 1. The molecule has 1 fully saturated rings. The molecular formula is C25H26FN7O. The Morgan fingerprint density at radius 1 is 1.03 bits per heavy atom. The van der Waals surface area contributed by atoms with Crippen LogP contribution in [0.3, 0.4) is 0 Å². The summed E-state index contributed by atoms with van der Waals surface area (Å²) in [7, 11) is 0. The van der Waals surface area contributed by atoms with Gasteiger partial charge < -0.3 is 26.5 Å². The first kappa shape index (κ1) is 21.8. The van der Waals surface area contributed by atoms with Gasteiger partial charge in [-0.1, -0.05) is 43.2 Å². The van der Waals surface area contributed by atoms with Crippen LogP contribution in [0.15, 0.2) is 60.9 Å². The fourth-order valence-electron chi connectivity index (χ4n) is 4.34. The Kier molecular flexibility index (Phi) is 5.85. The molecule has 4 aromatic rings. The molecule has 2 atom stereocenters. The highest BCUT2D eigenvalue weighted by molar-refractivity contribution is 5.98. The van der Waals surface area contributed by atoms with Crippen molar-refractivity contribution in [3.63, 3.8) is 0 Å². The Morgan fingerprint density at radius 3 is 2.59 bits per heavy atom. The Balaban J connectivity index is 1.45. The number of hydrogen-bond donors (Lipinski definition) is 4. The number of carbonyl (C=O) groups excluding carboxylic acids is 1. The van der Waals surface area contributed by atoms with E-state index in [1.54, 1.807) is 0 Å². The number of pyridine rings is 2. The van der Waals surface area contributed by atoms with Crippen molar-refractivity contribution in [2.75, 3.05) is 10.6 Å². The summed E-state index contributed by atoms with van der Waals surface area (Å²) in [5, 5.41) is 6.24. The predicted octanol–water partition coefficient (Wildman–Crippen LogP) is 4.06. The van der Waals surface area contributed by atoms with E-state index < -0.39 is 11.7 Å². The van der Waals surface area contributed by atoms with Gasteiger partial charge in [0.15, 0.2) is 11.6 Å². The van der Waals surface area contributed by atoms with Gasteiger partial charge in [-0.3, -0.25) is 4.79 Å². The maximum absolute atomic E-state index is 14.8. The average molecular weight is 460 g/mol. The number of anilines is 3. The quantitative estimate of drug-likeness (QED) is 0.345. The number of fused-ring (bicyclic) bond motifs is 1. The third kappa shape index (κ3) is 4.42. The van der Waals surface area contributed by atoms with Crippen molar-refractivity contribution in [3.05, 3.63) is 72.3 Å². The zero-order valence-electron chi connectivity index (χ0n) is 18.5. The summed E-state index contributed by atoms with van der Waals surface area (Å²) in [6.07, 6.45) is 7.54. The maximum Gasteiger partial charge on any atom is 0.252 e. The van der Waals surface area contributed by atoms with E-state index in [4.69, 9.17) is 11.5 Å². The van der Waals surface area contributed by atoms with Crippen LogP contribution in [0, 0.1) is 5.82 Å². The fourth-order valence-corrected chi connectivity index (χ4v) is 4.34. The molecule has 1 amide bonds. The molecule has 174 valence electrons. The van der Waals surface area contributed by atoms with Gasteiger partial charge in [-0.2, -0.15) is 0 Å². The van der Waals surface area contributed by atoms with Crippen LogP contribution in [0.4, 0.5) is 21.7 Å². The van der Waals surface area contributed by atoms with E-state index in [-0.39, 0.29) is 29.3 Å². The van der Waals surface area contributed by atoms with Gasteiger partial charge in [0.1, 0.15) is 11.5 Å². The normalized spacial score (nSPS) is 18.1. The number of benzene rings is 1. The highest BCUT2D eigenvalue weighted by Crippen LogP contribution is 2.27. The average Bonchev–Trinajstić information content (AvgIpc) is 3.26. The molecule has 3 heterocycles. The summed E-state index contributed by atoms with van der Waals surface area (Å²) in [4.78, 5) is 21.0. The lowest BCUT2D eigenvalue weighted by Gasteiger charge is -2.30. The van der Waals surface area contributed by atoms with Gasteiger partial charge in [-0.15, -0.1) is 0 Å². The van der Waals surface area contributed by atoms with Crippen molar-refractivity contribution in [1.29, 1.82) is 0 Å². The molecule has 5 rings (SSSR count). The summed E-state index contributed by atoms with van der Waals surface area (Å²) in [5.74, 6) is -1.20. The van der Waals surface area contributed by atoms with Gasteiger partial charge in [-0.25, -0.2) is 14.4 Å². The lowest BCUT2D eigenvalue weighted by atomic mass is 9.91. The second kappa shape index (κ2) is 9.11. The molecule has 1 aromatic carbocycles. The van der Waals surface area contributed by atoms with Crippen LogP contribution >= 0.6 is 0 Å². The van der Waals surface area contributed by atoms with Crippen molar-refractivity contribution in [3.8, 4) is 11.3 Å². The molecule has 1 aliphatic rings. The molecular weight excluding hydrogens is 433 g/mol. The number of primary amides is 1. The van der Waals surface area contributed by atoms with Crippen molar-refractivity contribution >= 4 is 28.9 Å². The first-order chi connectivity index (χ1) is 16.5. The predicted molar refractivity (Wildman–Crippen MR) is 130 cm³/mol. The molecule has 0 bridgehead atoms. The second-order valence-electron chi connectivity index (χ2n) is 8.58. The molecule has 0 saturated heterocycles.